The maximum Gasteiger partial charge on any atom is 0.121 e. The fraction of sp³-hybridized carbons (Fsp3) is 0.379. The number of nitrogens with one attached hydrogen (secondary N) is 2. The summed E-state index contributed by atoms with van der Waals surface area (Å²) in [6.45, 7) is 2.93. The number of aromatic nitrogens is 2. The molecule has 35 heavy (non-hydrogen) atoms. The number of hydrogen-bond acceptors (Lipinski definition) is 6. The van der Waals surface area contributed by atoms with E-state index in [-0.39, 0.29) is 7.43 Å². The first-order valence-corrected chi connectivity index (χ1v) is 12.1. The van der Waals surface area contributed by atoms with Gasteiger partial charge in [-0.05, 0) is 74.7 Å². The van der Waals surface area contributed by atoms with Gasteiger partial charge in [0.25, 0.3) is 0 Å². The third-order valence-corrected chi connectivity index (χ3v) is 6.05. The molecule has 0 bridgehead atoms. The second kappa shape index (κ2) is 13.5. The Morgan fingerprint density at radius 2 is 1.37 bits per heavy atom. The quantitative estimate of drug-likeness (QED) is 0.224. The molecule has 0 atom stereocenters. The van der Waals surface area contributed by atoms with Crippen molar-refractivity contribution in [2.45, 2.75) is 39.5 Å². The van der Waals surface area contributed by atoms with Crippen molar-refractivity contribution in [3.05, 3.63) is 66.5 Å². The number of unbranched alkanes of at least 4 members (excludes halogenated alkanes) is 2. The number of methoxy groups -OCH3 is 2. The minimum atomic E-state index is 0. The summed E-state index contributed by atoms with van der Waals surface area (Å²) >= 11 is 0. The fourth-order valence-electron chi connectivity index (χ4n) is 4.27. The number of pyridine rings is 2. The lowest BCUT2D eigenvalue weighted by molar-refractivity contribution is 0.415. The van der Waals surface area contributed by atoms with Crippen LogP contribution in [0.15, 0.2) is 60.9 Å². The summed E-state index contributed by atoms with van der Waals surface area (Å²) in [4.78, 5) is 9.09. The standard InChI is InChI=1S/C28H34N4O2.CH4/c1-33-24-17-21(27-22(18-24)10-6-14-31-27)9-4-3-5-12-29-13-8-16-30-26-20-25(34-2)19-23-11-7-15-32-28(23)26;/h6-7,10-11,14-15,17-20,29-30H,3-5,8-9,12-13,16H2,1-2H3;1H4. The van der Waals surface area contributed by atoms with Crippen molar-refractivity contribution in [1.29, 1.82) is 0 Å². The first-order valence-electron chi connectivity index (χ1n) is 12.1. The SMILES string of the molecule is C.COc1cc(CCCCCNCCCNc2cc(OC)cc3cccnc23)c2ncccc2c1. The highest BCUT2D eigenvalue weighted by molar-refractivity contribution is 5.91. The summed E-state index contributed by atoms with van der Waals surface area (Å²) < 4.78 is 10.9. The number of ether oxygens (including phenoxy) is 2. The number of aryl methyl sites for hydroxylation is 1. The molecule has 4 aromatic rings. The number of benzene rings is 2. The van der Waals surface area contributed by atoms with Gasteiger partial charge < -0.3 is 20.1 Å². The first kappa shape index (κ1) is 26.2. The Balaban J connectivity index is 0.00000342. The van der Waals surface area contributed by atoms with Crippen LogP contribution in [0.4, 0.5) is 5.69 Å². The van der Waals surface area contributed by atoms with Gasteiger partial charge in [-0.3, -0.25) is 9.97 Å². The van der Waals surface area contributed by atoms with Gasteiger partial charge in [0.1, 0.15) is 11.5 Å². The van der Waals surface area contributed by atoms with Crippen LogP contribution < -0.4 is 20.1 Å². The summed E-state index contributed by atoms with van der Waals surface area (Å²) in [5.41, 5.74) is 4.37. The van der Waals surface area contributed by atoms with Gasteiger partial charge in [0.15, 0.2) is 0 Å². The van der Waals surface area contributed by atoms with Crippen LogP contribution in [0.25, 0.3) is 21.8 Å². The highest BCUT2D eigenvalue weighted by atomic mass is 16.5. The van der Waals surface area contributed by atoms with Crippen molar-refractivity contribution in [3.8, 4) is 11.5 Å². The molecular formula is C29H38N4O2. The fourth-order valence-corrected chi connectivity index (χ4v) is 4.27. The molecule has 0 aliphatic heterocycles. The molecule has 2 N–H and O–H groups in total. The molecule has 0 fully saturated rings. The van der Waals surface area contributed by atoms with Crippen molar-refractivity contribution in [1.82, 2.24) is 15.3 Å². The zero-order valence-electron chi connectivity index (χ0n) is 20.1. The molecule has 2 aromatic heterocycles. The van der Waals surface area contributed by atoms with E-state index in [9.17, 15) is 0 Å². The van der Waals surface area contributed by atoms with Gasteiger partial charge in [-0.2, -0.15) is 0 Å². The van der Waals surface area contributed by atoms with Gasteiger partial charge in [-0.1, -0.05) is 26.0 Å². The van der Waals surface area contributed by atoms with Crippen LogP contribution in [-0.4, -0.2) is 43.8 Å². The van der Waals surface area contributed by atoms with Crippen LogP contribution in [0.3, 0.4) is 0 Å². The summed E-state index contributed by atoms with van der Waals surface area (Å²) in [6.07, 6.45) is 9.28. The van der Waals surface area contributed by atoms with Crippen LogP contribution in [0.2, 0.25) is 0 Å². The normalized spacial score (nSPS) is 10.8. The molecule has 6 nitrogen and oxygen atoms in total. The third-order valence-electron chi connectivity index (χ3n) is 6.05. The minimum Gasteiger partial charge on any atom is -0.497 e. The highest BCUT2D eigenvalue weighted by Crippen LogP contribution is 2.28. The predicted octanol–water partition coefficient (Wildman–Crippen LogP) is 6.24. The Morgan fingerprint density at radius 3 is 2.11 bits per heavy atom. The predicted molar refractivity (Wildman–Crippen MR) is 147 cm³/mol. The lowest BCUT2D eigenvalue weighted by atomic mass is 10.0. The van der Waals surface area contributed by atoms with Crippen LogP contribution in [0.5, 0.6) is 11.5 Å². The Morgan fingerprint density at radius 1 is 0.714 bits per heavy atom. The Hall–Kier alpha value is -3.38. The van der Waals surface area contributed by atoms with E-state index in [1.165, 1.54) is 18.4 Å². The van der Waals surface area contributed by atoms with Gasteiger partial charge >= 0.3 is 0 Å². The molecule has 0 spiro atoms. The summed E-state index contributed by atoms with van der Waals surface area (Å²) in [5.74, 6) is 1.75. The summed E-state index contributed by atoms with van der Waals surface area (Å²) in [6, 6.07) is 16.3. The number of anilines is 1. The summed E-state index contributed by atoms with van der Waals surface area (Å²) in [7, 11) is 3.42. The molecule has 0 saturated carbocycles. The lowest BCUT2D eigenvalue weighted by Crippen LogP contribution is -2.19. The molecule has 2 heterocycles. The Labute approximate surface area is 209 Å². The first-order chi connectivity index (χ1) is 16.8. The number of hydrogen-bond donors (Lipinski definition) is 2. The zero-order valence-corrected chi connectivity index (χ0v) is 20.1. The summed E-state index contributed by atoms with van der Waals surface area (Å²) in [5, 5.41) is 9.31. The van der Waals surface area contributed by atoms with E-state index in [0.717, 1.165) is 77.9 Å². The van der Waals surface area contributed by atoms with Crippen LogP contribution in [-0.2, 0) is 6.42 Å². The van der Waals surface area contributed by atoms with Gasteiger partial charge in [0.2, 0.25) is 0 Å². The van der Waals surface area contributed by atoms with Crippen molar-refractivity contribution in [2.75, 3.05) is 39.2 Å². The number of rotatable bonds is 13. The maximum absolute atomic E-state index is 5.46. The molecule has 0 amide bonds. The second-order valence-electron chi connectivity index (χ2n) is 8.45. The Bertz CT molecular complexity index is 1120. The van der Waals surface area contributed by atoms with E-state index >= 15 is 0 Å². The maximum atomic E-state index is 5.46. The minimum absolute atomic E-state index is 0. The molecule has 4 rings (SSSR count). The molecule has 2 aromatic carbocycles. The number of fused-ring (bicyclic) bond motifs is 2. The lowest BCUT2D eigenvalue weighted by Gasteiger charge is -2.12. The molecule has 0 unspecified atom stereocenters. The molecule has 0 aliphatic rings. The Kier molecular flexibility index (Phi) is 10.1. The van der Waals surface area contributed by atoms with Gasteiger partial charge in [0.05, 0.1) is 30.9 Å². The topological polar surface area (TPSA) is 68.3 Å². The second-order valence-corrected chi connectivity index (χ2v) is 8.45. The average Bonchev–Trinajstić information content (AvgIpc) is 2.89. The molecule has 0 saturated heterocycles. The van der Waals surface area contributed by atoms with Gasteiger partial charge in [-0.15, -0.1) is 0 Å². The third kappa shape index (κ3) is 7.06. The molecule has 186 valence electrons. The van der Waals surface area contributed by atoms with E-state index < -0.39 is 0 Å². The van der Waals surface area contributed by atoms with Crippen molar-refractivity contribution in [3.63, 3.8) is 0 Å². The van der Waals surface area contributed by atoms with E-state index in [1.54, 1.807) is 14.2 Å². The van der Waals surface area contributed by atoms with Crippen LogP contribution in [0.1, 0.15) is 38.7 Å². The van der Waals surface area contributed by atoms with Crippen molar-refractivity contribution in [2.24, 2.45) is 0 Å². The van der Waals surface area contributed by atoms with Gasteiger partial charge in [0, 0.05) is 35.8 Å². The molecule has 0 aliphatic carbocycles. The largest absolute Gasteiger partial charge is 0.497 e. The van der Waals surface area contributed by atoms with Crippen LogP contribution in [0, 0.1) is 0 Å². The molecule has 0 radical (unpaired) electrons. The van der Waals surface area contributed by atoms with E-state index in [2.05, 4.69) is 44.9 Å². The van der Waals surface area contributed by atoms with E-state index in [0.29, 0.717) is 0 Å². The highest BCUT2D eigenvalue weighted by Gasteiger charge is 2.07. The average molecular weight is 475 g/mol. The molecule has 6 heteroatoms. The monoisotopic (exact) mass is 474 g/mol. The van der Waals surface area contributed by atoms with Crippen LogP contribution >= 0.6 is 0 Å². The van der Waals surface area contributed by atoms with E-state index in [1.807, 2.05) is 36.7 Å². The van der Waals surface area contributed by atoms with Crippen molar-refractivity contribution < 1.29 is 9.47 Å². The van der Waals surface area contributed by atoms with Gasteiger partial charge in [-0.25, -0.2) is 0 Å². The number of nitrogens with zero attached hydrogens (tertiary/aromatic N) is 2. The van der Waals surface area contributed by atoms with Crippen molar-refractivity contribution >= 4 is 27.5 Å². The zero-order chi connectivity index (χ0) is 23.6. The van der Waals surface area contributed by atoms with E-state index in [4.69, 9.17) is 9.47 Å². The molecular weight excluding hydrogens is 436 g/mol. The smallest absolute Gasteiger partial charge is 0.121 e.